The highest BCUT2D eigenvalue weighted by Crippen LogP contribution is 2.19. The molecular formula is C15H17N5O3. The number of rotatable bonds is 5. The summed E-state index contributed by atoms with van der Waals surface area (Å²) < 4.78 is 1.61. The second-order valence-corrected chi connectivity index (χ2v) is 5.47. The summed E-state index contributed by atoms with van der Waals surface area (Å²) in [5.74, 6) is 0.344. The summed E-state index contributed by atoms with van der Waals surface area (Å²) in [6.07, 6.45) is 0.451. The Balaban J connectivity index is 1.74. The average Bonchev–Trinajstić information content (AvgIpc) is 2.92. The van der Waals surface area contributed by atoms with Crippen molar-refractivity contribution >= 4 is 12.0 Å². The first-order chi connectivity index (χ1) is 11.0. The molecule has 0 unspecified atom stereocenters. The number of carbonyl (C=O) groups is 2. The molecule has 3 rings (SSSR count). The van der Waals surface area contributed by atoms with Crippen LogP contribution in [0, 0.1) is 6.92 Å². The number of nitrogens with one attached hydrogen (secondary N) is 1. The zero-order chi connectivity index (χ0) is 16.4. The molecule has 23 heavy (non-hydrogen) atoms. The summed E-state index contributed by atoms with van der Waals surface area (Å²) in [5, 5.41) is 16.4. The highest BCUT2D eigenvalue weighted by Gasteiger charge is 2.45. The quantitative estimate of drug-likeness (QED) is 0.788. The first-order valence-electron chi connectivity index (χ1n) is 7.24. The zero-order valence-corrected chi connectivity index (χ0v) is 12.6. The molecule has 1 saturated heterocycles. The van der Waals surface area contributed by atoms with Gasteiger partial charge in [0.25, 0.3) is 0 Å². The van der Waals surface area contributed by atoms with Crippen LogP contribution in [-0.2, 0) is 17.9 Å². The van der Waals surface area contributed by atoms with Crippen LogP contribution in [-0.4, -0.2) is 48.9 Å². The van der Waals surface area contributed by atoms with Crippen molar-refractivity contribution in [3.63, 3.8) is 0 Å². The fraction of sp³-hybridized carbons (Fsp3) is 0.333. The van der Waals surface area contributed by atoms with Crippen molar-refractivity contribution in [1.29, 1.82) is 0 Å². The number of β-lactam (4-membered cyclic amide) rings is 1. The lowest BCUT2D eigenvalue weighted by atomic mass is 9.96. The van der Waals surface area contributed by atoms with Crippen LogP contribution in [0.25, 0.3) is 0 Å². The van der Waals surface area contributed by atoms with Gasteiger partial charge in [0.05, 0.1) is 12.6 Å². The van der Waals surface area contributed by atoms with Crippen molar-refractivity contribution in [2.75, 3.05) is 0 Å². The monoisotopic (exact) mass is 315 g/mol. The van der Waals surface area contributed by atoms with E-state index in [4.69, 9.17) is 0 Å². The van der Waals surface area contributed by atoms with Gasteiger partial charge in [0.2, 0.25) is 5.91 Å². The van der Waals surface area contributed by atoms with Gasteiger partial charge in [-0.2, -0.15) is 5.10 Å². The molecule has 0 spiro atoms. The lowest BCUT2D eigenvalue weighted by Crippen LogP contribution is -2.70. The number of amides is 2. The molecule has 0 radical (unpaired) electrons. The number of hydrogen-bond acceptors (Lipinski definition) is 4. The highest BCUT2D eigenvalue weighted by atomic mass is 16.4. The second-order valence-electron chi connectivity index (χ2n) is 5.47. The molecule has 0 aliphatic carbocycles. The van der Waals surface area contributed by atoms with E-state index in [2.05, 4.69) is 15.4 Å². The Hall–Kier alpha value is -2.90. The van der Waals surface area contributed by atoms with Crippen LogP contribution in [0.1, 0.15) is 11.4 Å². The van der Waals surface area contributed by atoms with E-state index in [0.29, 0.717) is 12.4 Å². The van der Waals surface area contributed by atoms with Crippen LogP contribution in [0.2, 0.25) is 0 Å². The van der Waals surface area contributed by atoms with E-state index in [9.17, 15) is 14.7 Å². The number of carboxylic acid groups (broad SMARTS) is 1. The molecule has 2 amide bonds. The fourth-order valence-corrected chi connectivity index (χ4v) is 2.68. The Morgan fingerprint density at radius 1 is 1.39 bits per heavy atom. The summed E-state index contributed by atoms with van der Waals surface area (Å²) in [7, 11) is 0. The lowest BCUT2D eigenvalue weighted by molar-refractivity contribution is -0.137. The molecular weight excluding hydrogens is 298 g/mol. The van der Waals surface area contributed by atoms with E-state index in [0.717, 1.165) is 5.56 Å². The smallest absolute Gasteiger partial charge is 0.408 e. The molecule has 0 bridgehead atoms. The van der Waals surface area contributed by atoms with E-state index in [1.165, 1.54) is 4.90 Å². The minimum absolute atomic E-state index is 0.168. The molecule has 8 heteroatoms. The number of nitrogens with zero attached hydrogens (tertiary/aromatic N) is 4. The number of benzene rings is 1. The third-order valence-corrected chi connectivity index (χ3v) is 3.79. The van der Waals surface area contributed by atoms with Gasteiger partial charge in [-0.25, -0.2) is 9.78 Å². The Bertz CT molecular complexity index is 715. The van der Waals surface area contributed by atoms with Gasteiger partial charge in [-0.1, -0.05) is 30.3 Å². The summed E-state index contributed by atoms with van der Waals surface area (Å²) in [4.78, 5) is 28.7. The van der Waals surface area contributed by atoms with Crippen LogP contribution in [0.5, 0.6) is 0 Å². The first-order valence-corrected chi connectivity index (χ1v) is 7.24. The standard InChI is InChI=1S/C15H17N5O3/c1-10-16-9-19(18-10)8-12-13(14(21)17-12)20(15(22)23)7-11-5-3-2-4-6-11/h2-6,9,12-13H,7-8H2,1H3,(H,17,21)(H,22,23)/t12-,13-/m0/s1. The van der Waals surface area contributed by atoms with Crippen LogP contribution >= 0.6 is 0 Å². The van der Waals surface area contributed by atoms with Crippen LogP contribution in [0.15, 0.2) is 36.7 Å². The van der Waals surface area contributed by atoms with E-state index >= 15 is 0 Å². The topological polar surface area (TPSA) is 100 Å². The summed E-state index contributed by atoms with van der Waals surface area (Å²) in [6.45, 7) is 2.32. The zero-order valence-electron chi connectivity index (χ0n) is 12.6. The van der Waals surface area contributed by atoms with Crippen LogP contribution in [0.3, 0.4) is 0 Å². The summed E-state index contributed by atoms with van der Waals surface area (Å²) in [5.41, 5.74) is 0.838. The SMILES string of the molecule is Cc1ncn(C[C@@H]2NC(=O)[C@H]2N(Cc2ccccc2)C(=O)O)n1. The van der Waals surface area contributed by atoms with E-state index in [-0.39, 0.29) is 18.5 Å². The van der Waals surface area contributed by atoms with Gasteiger partial charge in [0.15, 0.2) is 0 Å². The van der Waals surface area contributed by atoms with Gasteiger partial charge in [0.1, 0.15) is 18.2 Å². The Labute approximate surface area is 132 Å². The van der Waals surface area contributed by atoms with Crippen LogP contribution in [0.4, 0.5) is 4.79 Å². The molecule has 120 valence electrons. The minimum atomic E-state index is -1.12. The Morgan fingerprint density at radius 3 is 2.70 bits per heavy atom. The number of carbonyl (C=O) groups excluding carboxylic acids is 1. The molecule has 0 saturated carbocycles. The van der Waals surface area contributed by atoms with E-state index < -0.39 is 12.1 Å². The first kappa shape index (κ1) is 15.0. The molecule has 2 aromatic rings. The van der Waals surface area contributed by atoms with E-state index in [1.807, 2.05) is 30.3 Å². The minimum Gasteiger partial charge on any atom is -0.465 e. The van der Waals surface area contributed by atoms with Crippen molar-refractivity contribution in [2.24, 2.45) is 0 Å². The highest BCUT2D eigenvalue weighted by molar-refractivity contribution is 5.92. The van der Waals surface area contributed by atoms with Crippen molar-refractivity contribution in [2.45, 2.75) is 32.1 Å². The van der Waals surface area contributed by atoms with Gasteiger partial charge in [-0.15, -0.1) is 0 Å². The summed E-state index contributed by atoms with van der Waals surface area (Å²) in [6, 6.07) is 8.17. The second kappa shape index (κ2) is 6.07. The number of aryl methyl sites for hydroxylation is 1. The Morgan fingerprint density at radius 2 is 2.13 bits per heavy atom. The van der Waals surface area contributed by atoms with E-state index in [1.54, 1.807) is 17.9 Å². The predicted molar refractivity (Wildman–Crippen MR) is 80.5 cm³/mol. The van der Waals surface area contributed by atoms with Gasteiger partial charge < -0.3 is 10.4 Å². The molecule has 1 aromatic carbocycles. The maximum absolute atomic E-state index is 11.9. The fourth-order valence-electron chi connectivity index (χ4n) is 2.68. The summed E-state index contributed by atoms with van der Waals surface area (Å²) >= 11 is 0. The maximum Gasteiger partial charge on any atom is 0.408 e. The van der Waals surface area contributed by atoms with Gasteiger partial charge in [-0.05, 0) is 12.5 Å². The average molecular weight is 315 g/mol. The molecule has 1 aliphatic heterocycles. The molecule has 1 fully saturated rings. The normalized spacial score (nSPS) is 19.8. The third-order valence-electron chi connectivity index (χ3n) is 3.79. The number of hydrogen-bond donors (Lipinski definition) is 2. The maximum atomic E-state index is 11.9. The molecule has 8 nitrogen and oxygen atoms in total. The van der Waals surface area contributed by atoms with Crippen molar-refractivity contribution in [3.8, 4) is 0 Å². The lowest BCUT2D eigenvalue weighted by Gasteiger charge is -2.42. The largest absolute Gasteiger partial charge is 0.465 e. The van der Waals surface area contributed by atoms with Gasteiger partial charge in [-0.3, -0.25) is 14.4 Å². The van der Waals surface area contributed by atoms with Crippen molar-refractivity contribution < 1.29 is 14.7 Å². The van der Waals surface area contributed by atoms with Crippen molar-refractivity contribution in [1.82, 2.24) is 25.0 Å². The molecule has 2 heterocycles. The molecule has 2 atom stereocenters. The molecule has 1 aliphatic rings. The van der Waals surface area contributed by atoms with Gasteiger partial charge >= 0.3 is 6.09 Å². The molecule has 1 aromatic heterocycles. The Kier molecular flexibility index (Phi) is 3.96. The third kappa shape index (κ3) is 3.15. The predicted octanol–water partition coefficient (Wildman–Crippen LogP) is 0.634. The number of aromatic nitrogens is 3. The van der Waals surface area contributed by atoms with Gasteiger partial charge in [0, 0.05) is 6.54 Å². The van der Waals surface area contributed by atoms with Crippen molar-refractivity contribution in [3.05, 3.63) is 48.0 Å². The molecule has 2 N–H and O–H groups in total. The van der Waals surface area contributed by atoms with Crippen LogP contribution < -0.4 is 5.32 Å².